The minimum atomic E-state index is -3.50. The van der Waals surface area contributed by atoms with Gasteiger partial charge in [0, 0.05) is 23.3 Å². The molecule has 92 valence electrons. The van der Waals surface area contributed by atoms with Gasteiger partial charge in [0.15, 0.2) is 0 Å². The van der Waals surface area contributed by atoms with Gasteiger partial charge < -0.3 is 0 Å². The summed E-state index contributed by atoms with van der Waals surface area (Å²) in [5.41, 5.74) is 1.59. The van der Waals surface area contributed by atoms with Gasteiger partial charge in [0.25, 0.3) is 0 Å². The van der Waals surface area contributed by atoms with Crippen LogP contribution in [0.1, 0.15) is 31.0 Å². The van der Waals surface area contributed by atoms with E-state index in [4.69, 9.17) is 22.3 Å². The molecule has 0 bridgehead atoms. The second-order valence-electron chi connectivity index (χ2n) is 3.93. The third-order valence-corrected chi connectivity index (χ3v) is 3.87. The van der Waals surface area contributed by atoms with E-state index < -0.39 is 9.05 Å². The summed E-state index contributed by atoms with van der Waals surface area (Å²) in [6.45, 7) is 3.97. The van der Waals surface area contributed by atoms with E-state index >= 15 is 0 Å². The van der Waals surface area contributed by atoms with Crippen LogP contribution in [-0.2, 0) is 22.5 Å². The van der Waals surface area contributed by atoms with Crippen molar-refractivity contribution in [2.24, 2.45) is 7.05 Å². The highest BCUT2D eigenvalue weighted by Crippen LogP contribution is 2.26. The van der Waals surface area contributed by atoms with E-state index in [0.717, 1.165) is 11.3 Å². The Labute approximate surface area is 105 Å². The molecule has 0 unspecified atom stereocenters. The fraction of sp³-hybridized carbons (Fsp3) is 0.667. The largest absolute Gasteiger partial charge is 0.257 e. The van der Waals surface area contributed by atoms with Gasteiger partial charge in [-0.3, -0.25) is 4.68 Å². The predicted molar refractivity (Wildman–Crippen MR) is 65.7 cm³/mol. The van der Waals surface area contributed by atoms with Crippen molar-refractivity contribution in [3.63, 3.8) is 0 Å². The Kier molecular flexibility index (Phi) is 4.26. The maximum absolute atomic E-state index is 10.9. The van der Waals surface area contributed by atoms with Crippen LogP contribution in [0.5, 0.6) is 0 Å². The van der Waals surface area contributed by atoms with Crippen LogP contribution in [-0.4, -0.2) is 24.0 Å². The highest BCUT2D eigenvalue weighted by molar-refractivity contribution is 8.13. The summed E-state index contributed by atoms with van der Waals surface area (Å²) in [4.78, 5) is 0. The van der Waals surface area contributed by atoms with Gasteiger partial charge in [-0.25, -0.2) is 8.42 Å². The molecular weight excluding hydrogens is 271 g/mol. The molecule has 0 spiro atoms. The molecule has 0 aromatic carbocycles. The molecule has 0 aliphatic heterocycles. The molecule has 0 aliphatic rings. The Morgan fingerprint density at radius 2 is 2.00 bits per heavy atom. The van der Waals surface area contributed by atoms with E-state index in [1.165, 1.54) is 0 Å². The van der Waals surface area contributed by atoms with Crippen LogP contribution in [0.4, 0.5) is 0 Å². The van der Waals surface area contributed by atoms with Crippen LogP contribution in [0.15, 0.2) is 0 Å². The lowest BCUT2D eigenvalue weighted by atomic mass is 10.1. The molecule has 0 saturated heterocycles. The van der Waals surface area contributed by atoms with Gasteiger partial charge in [-0.2, -0.15) is 5.10 Å². The maximum Gasteiger partial charge on any atom is 0.232 e. The standard InChI is InChI=1S/C9H14Cl2N2O2S/c1-6(2)8-7(4-5-16(11,14)15)9(10)13(3)12-8/h6H,4-5H2,1-3H3. The number of rotatable bonds is 4. The zero-order valence-electron chi connectivity index (χ0n) is 9.37. The molecule has 0 amide bonds. The Morgan fingerprint density at radius 3 is 2.44 bits per heavy atom. The van der Waals surface area contributed by atoms with E-state index in [1.807, 2.05) is 13.8 Å². The highest BCUT2D eigenvalue weighted by Gasteiger charge is 2.18. The van der Waals surface area contributed by atoms with E-state index in [0.29, 0.717) is 11.6 Å². The molecule has 1 heterocycles. The normalized spacial score (nSPS) is 12.4. The number of aryl methyl sites for hydroxylation is 1. The quantitative estimate of drug-likeness (QED) is 0.798. The van der Waals surface area contributed by atoms with E-state index in [-0.39, 0.29) is 11.7 Å². The highest BCUT2D eigenvalue weighted by atomic mass is 35.7. The van der Waals surface area contributed by atoms with Gasteiger partial charge in [0.05, 0.1) is 11.4 Å². The topological polar surface area (TPSA) is 52.0 Å². The maximum atomic E-state index is 10.9. The molecule has 1 rings (SSSR count). The first-order valence-electron chi connectivity index (χ1n) is 4.86. The van der Waals surface area contributed by atoms with Crippen molar-refractivity contribution in [2.75, 3.05) is 5.75 Å². The summed E-state index contributed by atoms with van der Waals surface area (Å²) in [6, 6.07) is 0. The first-order valence-corrected chi connectivity index (χ1v) is 7.71. The molecular formula is C9H14Cl2N2O2S. The van der Waals surface area contributed by atoms with E-state index in [2.05, 4.69) is 5.10 Å². The zero-order valence-corrected chi connectivity index (χ0v) is 11.7. The molecule has 0 aliphatic carbocycles. The molecule has 16 heavy (non-hydrogen) atoms. The van der Waals surface area contributed by atoms with Crippen molar-refractivity contribution in [3.05, 3.63) is 16.4 Å². The summed E-state index contributed by atoms with van der Waals surface area (Å²) >= 11 is 6.05. The van der Waals surface area contributed by atoms with Crippen LogP contribution in [0.2, 0.25) is 5.15 Å². The van der Waals surface area contributed by atoms with Crippen molar-refractivity contribution < 1.29 is 8.42 Å². The van der Waals surface area contributed by atoms with Gasteiger partial charge in [-0.05, 0) is 12.3 Å². The average Bonchev–Trinajstić information content (AvgIpc) is 2.39. The second kappa shape index (κ2) is 4.94. The summed E-state index contributed by atoms with van der Waals surface area (Å²) in [5, 5.41) is 4.73. The number of nitrogens with zero attached hydrogens (tertiary/aromatic N) is 2. The lowest BCUT2D eigenvalue weighted by molar-refractivity contribution is 0.608. The smallest absolute Gasteiger partial charge is 0.232 e. The number of hydrogen-bond donors (Lipinski definition) is 0. The van der Waals surface area contributed by atoms with Gasteiger partial charge in [0.1, 0.15) is 5.15 Å². The molecule has 0 saturated carbocycles. The summed E-state index contributed by atoms with van der Waals surface area (Å²) in [5.74, 6) is 0.0754. The Hall–Kier alpha value is -0.260. The van der Waals surface area contributed by atoms with Crippen molar-refractivity contribution in [3.8, 4) is 0 Å². The average molecular weight is 285 g/mol. The fourth-order valence-corrected chi connectivity index (χ4v) is 2.39. The van der Waals surface area contributed by atoms with Crippen molar-refractivity contribution in [1.29, 1.82) is 0 Å². The monoisotopic (exact) mass is 284 g/mol. The van der Waals surface area contributed by atoms with Gasteiger partial charge in [-0.15, -0.1) is 0 Å². The zero-order chi connectivity index (χ0) is 12.5. The van der Waals surface area contributed by atoms with Crippen molar-refractivity contribution in [2.45, 2.75) is 26.2 Å². The van der Waals surface area contributed by atoms with Gasteiger partial charge >= 0.3 is 0 Å². The first kappa shape index (κ1) is 13.8. The lowest BCUT2D eigenvalue weighted by Gasteiger charge is -2.04. The Bertz CT molecular complexity index is 480. The van der Waals surface area contributed by atoms with Crippen LogP contribution < -0.4 is 0 Å². The van der Waals surface area contributed by atoms with Crippen LogP contribution in [0.25, 0.3) is 0 Å². The first-order chi connectivity index (χ1) is 7.22. The Balaban J connectivity index is 3.02. The van der Waals surface area contributed by atoms with E-state index in [1.54, 1.807) is 11.7 Å². The molecule has 0 N–H and O–H groups in total. The second-order valence-corrected chi connectivity index (χ2v) is 7.18. The summed E-state index contributed by atoms with van der Waals surface area (Å²) < 4.78 is 23.3. The third-order valence-electron chi connectivity index (χ3n) is 2.24. The van der Waals surface area contributed by atoms with Crippen LogP contribution in [0, 0.1) is 0 Å². The molecule has 0 fully saturated rings. The third kappa shape index (κ3) is 3.37. The molecule has 0 radical (unpaired) electrons. The van der Waals surface area contributed by atoms with E-state index in [9.17, 15) is 8.42 Å². The van der Waals surface area contributed by atoms with Crippen molar-refractivity contribution >= 4 is 31.3 Å². The molecule has 0 atom stereocenters. The molecule has 1 aromatic rings. The molecule has 4 nitrogen and oxygen atoms in total. The predicted octanol–water partition coefficient (Wildman–Crippen LogP) is 2.31. The fourth-order valence-electron chi connectivity index (χ4n) is 1.49. The lowest BCUT2D eigenvalue weighted by Crippen LogP contribution is -2.03. The number of hydrogen-bond acceptors (Lipinski definition) is 3. The molecule has 7 heteroatoms. The summed E-state index contributed by atoms with van der Waals surface area (Å²) in [6.07, 6.45) is 0.298. The molecule has 1 aromatic heterocycles. The number of halogens is 2. The SMILES string of the molecule is CC(C)c1nn(C)c(Cl)c1CCS(=O)(=O)Cl. The van der Waals surface area contributed by atoms with Crippen molar-refractivity contribution in [1.82, 2.24) is 9.78 Å². The van der Waals surface area contributed by atoms with Gasteiger partial charge in [-0.1, -0.05) is 25.4 Å². The minimum Gasteiger partial charge on any atom is -0.257 e. The minimum absolute atomic E-state index is 0.125. The number of aromatic nitrogens is 2. The van der Waals surface area contributed by atoms with Crippen LogP contribution in [0.3, 0.4) is 0 Å². The van der Waals surface area contributed by atoms with Gasteiger partial charge in [0.2, 0.25) is 9.05 Å². The Morgan fingerprint density at radius 1 is 1.44 bits per heavy atom. The summed E-state index contributed by atoms with van der Waals surface area (Å²) in [7, 11) is 3.41. The van der Waals surface area contributed by atoms with Crippen LogP contribution >= 0.6 is 22.3 Å².